The summed E-state index contributed by atoms with van der Waals surface area (Å²) in [5, 5.41) is 22.2. The Kier molecular flexibility index (Phi) is 3.80. The quantitative estimate of drug-likeness (QED) is 0.536. The van der Waals surface area contributed by atoms with Gasteiger partial charge in [0.2, 0.25) is 5.91 Å². The predicted molar refractivity (Wildman–Crippen MR) is 107 cm³/mol. The van der Waals surface area contributed by atoms with E-state index in [1.54, 1.807) is 23.0 Å². The minimum Gasteiger partial charge on any atom is -0.506 e. The first kappa shape index (κ1) is 16.8. The number of rotatable bonds is 2. The summed E-state index contributed by atoms with van der Waals surface area (Å²) in [4.78, 5) is 13.9. The van der Waals surface area contributed by atoms with Gasteiger partial charge < -0.3 is 10.4 Å². The number of phenolic OH excluding ortho intramolecular Hbond substituents is 1. The second-order valence-electron chi connectivity index (χ2n) is 6.74. The summed E-state index contributed by atoms with van der Waals surface area (Å²) in [7, 11) is 0. The summed E-state index contributed by atoms with van der Waals surface area (Å²) in [5.41, 5.74) is 4.81. The van der Waals surface area contributed by atoms with Crippen LogP contribution in [0.4, 0.5) is 5.69 Å². The van der Waals surface area contributed by atoms with Crippen LogP contribution >= 0.6 is 11.6 Å². The van der Waals surface area contributed by atoms with Gasteiger partial charge in [-0.2, -0.15) is 4.80 Å². The van der Waals surface area contributed by atoms with Gasteiger partial charge in [-0.15, -0.1) is 10.2 Å². The van der Waals surface area contributed by atoms with Crippen LogP contribution in [0.15, 0.2) is 60.7 Å². The number of carbonyl (C=O) groups excluding carboxylic acids is 1. The predicted octanol–water partition coefficient (Wildman–Crippen LogP) is 4.25. The largest absolute Gasteiger partial charge is 0.506 e. The highest BCUT2D eigenvalue weighted by Gasteiger charge is 2.30. The highest BCUT2D eigenvalue weighted by molar-refractivity contribution is 6.32. The number of para-hydroxylation sites is 1. The summed E-state index contributed by atoms with van der Waals surface area (Å²) < 4.78 is 0. The van der Waals surface area contributed by atoms with Crippen LogP contribution in [-0.2, 0) is 4.79 Å². The van der Waals surface area contributed by atoms with Gasteiger partial charge in [-0.1, -0.05) is 35.9 Å². The van der Waals surface area contributed by atoms with Crippen molar-refractivity contribution in [1.82, 2.24) is 15.0 Å². The first-order valence-electron chi connectivity index (χ1n) is 8.84. The second-order valence-corrected chi connectivity index (χ2v) is 7.14. The van der Waals surface area contributed by atoms with Crippen LogP contribution in [-0.4, -0.2) is 26.0 Å². The van der Waals surface area contributed by atoms with Gasteiger partial charge in [-0.25, -0.2) is 0 Å². The Labute approximate surface area is 165 Å². The standard InChI is InChI=1S/C21H15ClN4O2/c22-15-10-12(6-9-18(15)27)14-11-19(28)23-16-7-8-17-21(20(14)16)25-26(24-17)13-4-2-1-3-5-13/h1-10,14,27H,11H2,(H,23,28). The van der Waals surface area contributed by atoms with E-state index < -0.39 is 0 Å². The molecule has 1 aromatic heterocycles. The molecule has 0 saturated heterocycles. The molecule has 6 nitrogen and oxygen atoms in total. The van der Waals surface area contributed by atoms with Gasteiger partial charge in [0.05, 0.1) is 10.7 Å². The van der Waals surface area contributed by atoms with E-state index in [1.807, 2.05) is 42.5 Å². The van der Waals surface area contributed by atoms with Crippen molar-refractivity contribution in [1.29, 1.82) is 0 Å². The molecule has 1 unspecified atom stereocenters. The van der Waals surface area contributed by atoms with Crippen LogP contribution in [0.25, 0.3) is 16.7 Å². The van der Waals surface area contributed by atoms with E-state index in [4.69, 9.17) is 16.7 Å². The molecule has 2 heterocycles. The maximum absolute atomic E-state index is 12.3. The third-order valence-corrected chi connectivity index (χ3v) is 5.27. The van der Waals surface area contributed by atoms with Crippen molar-refractivity contribution in [2.24, 2.45) is 0 Å². The van der Waals surface area contributed by atoms with Crippen LogP contribution in [0.5, 0.6) is 5.75 Å². The molecule has 0 fully saturated rings. The minimum atomic E-state index is -0.230. The number of halogens is 1. The number of nitrogens with one attached hydrogen (secondary N) is 1. The number of aromatic nitrogens is 3. The monoisotopic (exact) mass is 390 g/mol. The zero-order valence-corrected chi connectivity index (χ0v) is 15.4. The molecule has 0 radical (unpaired) electrons. The topological polar surface area (TPSA) is 80.0 Å². The summed E-state index contributed by atoms with van der Waals surface area (Å²) in [6, 6.07) is 18.4. The molecule has 3 aromatic carbocycles. The fraction of sp³-hybridized carbons (Fsp3) is 0.0952. The Morgan fingerprint density at radius 2 is 1.89 bits per heavy atom. The molecule has 0 spiro atoms. The van der Waals surface area contributed by atoms with Gasteiger partial charge in [0.25, 0.3) is 0 Å². The number of hydrogen-bond donors (Lipinski definition) is 2. The van der Waals surface area contributed by atoms with E-state index in [1.165, 1.54) is 0 Å². The molecule has 1 aliphatic heterocycles. The molecule has 1 atom stereocenters. The Morgan fingerprint density at radius 3 is 2.68 bits per heavy atom. The van der Waals surface area contributed by atoms with Crippen LogP contribution in [0, 0.1) is 0 Å². The van der Waals surface area contributed by atoms with Crippen molar-refractivity contribution in [3.05, 3.63) is 76.8 Å². The van der Waals surface area contributed by atoms with E-state index in [-0.39, 0.29) is 29.0 Å². The number of hydrogen-bond acceptors (Lipinski definition) is 4. The summed E-state index contributed by atoms with van der Waals surface area (Å²) in [6.45, 7) is 0. The number of amides is 1. The molecular formula is C21H15ClN4O2. The minimum absolute atomic E-state index is 0.0131. The molecule has 0 saturated carbocycles. The van der Waals surface area contributed by atoms with E-state index in [0.717, 1.165) is 33.5 Å². The average Bonchev–Trinajstić information content (AvgIpc) is 3.14. The lowest BCUT2D eigenvalue weighted by molar-refractivity contribution is -0.116. The maximum atomic E-state index is 12.3. The maximum Gasteiger partial charge on any atom is 0.225 e. The molecule has 138 valence electrons. The number of nitrogens with zero attached hydrogens (tertiary/aromatic N) is 3. The van der Waals surface area contributed by atoms with Crippen LogP contribution < -0.4 is 5.32 Å². The van der Waals surface area contributed by atoms with Crippen molar-refractivity contribution in [3.63, 3.8) is 0 Å². The van der Waals surface area contributed by atoms with Crippen LogP contribution in [0.1, 0.15) is 23.5 Å². The van der Waals surface area contributed by atoms with Crippen molar-refractivity contribution in [2.75, 3.05) is 5.32 Å². The Hall–Kier alpha value is -3.38. The summed E-state index contributed by atoms with van der Waals surface area (Å²) >= 11 is 6.12. The average molecular weight is 391 g/mol. The van der Waals surface area contributed by atoms with Crippen LogP contribution in [0.3, 0.4) is 0 Å². The van der Waals surface area contributed by atoms with Crippen molar-refractivity contribution >= 4 is 34.2 Å². The summed E-state index contributed by atoms with van der Waals surface area (Å²) in [5.74, 6) is -0.290. The number of aromatic hydroxyl groups is 1. The van der Waals surface area contributed by atoms with Crippen molar-refractivity contribution in [2.45, 2.75) is 12.3 Å². The SMILES string of the molecule is O=C1CC(c2ccc(O)c(Cl)c2)c2c(ccc3nn(-c4ccccc4)nc23)N1. The normalized spacial score (nSPS) is 16.0. The number of fused-ring (bicyclic) bond motifs is 3. The zero-order chi connectivity index (χ0) is 19.3. The number of benzene rings is 3. The number of anilines is 1. The van der Waals surface area contributed by atoms with Gasteiger partial charge in [0, 0.05) is 23.6 Å². The fourth-order valence-corrected chi connectivity index (χ4v) is 3.84. The second kappa shape index (κ2) is 6.35. The molecule has 2 N–H and O–H groups in total. The third kappa shape index (κ3) is 2.70. The Balaban J connectivity index is 1.72. The van der Waals surface area contributed by atoms with Crippen LogP contribution in [0.2, 0.25) is 5.02 Å². The highest BCUT2D eigenvalue weighted by atomic mass is 35.5. The molecule has 1 amide bonds. The molecule has 5 rings (SSSR count). The fourth-order valence-electron chi connectivity index (χ4n) is 3.65. The highest BCUT2D eigenvalue weighted by Crippen LogP contribution is 2.42. The van der Waals surface area contributed by atoms with Gasteiger partial charge in [0.1, 0.15) is 16.8 Å². The molecule has 7 heteroatoms. The van der Waals surface area contributed by atoms with Gasteiger partial charge in [0.15, 0.2) is 0 Å². The molecule has 1 aliphatic rings. The zero-order valence-electron chi connectivity index (χ0n) is 14.6. The Bertz CT molecular complexity index is 1220. The first-order chi connectivity index (χ1) is 13.6. The van der Waals surface area contributed by atoms with Gasteiger partial charge >= 0.3 is 0 Å². The molecule has 0 bridgehead atoms. The number of phenols is 1. The van der Waals surface area contributed by atoms with Crippen molar-refractivity contribution in [3.8, 4) is 11.4 Å². The van der Waals surface area contributed by atoms with Gasteiger partial charge in [-0.05, 0) is 42.0 Å². The first-order valence-corrected chi connectivity index (χ1v) is 9.21. The van der Waals surface area contributed by atoms with Crippen molar-refractivity contribution < 1.29 is 9.90 Å². The van der Waals surface area contributed by atoms with E-state index >= 15 is 0 Å². The molecular weight excluding hydrogens is 376 g/mol. The van der Waals surface area contributed by atoms with E-state index in [9.17, 15) is 9.90 Å². The lowest BCUT2D eigenvalue weighted by Crippen LogP contribution is -2.23. The third-order valence-electron chi connectivity index (χ3n) is 4.97. The number of carbonyl (C=O) groups is 1. The molecule has 0 aliphatic carbocycles. The van der Waals surface area contributed by atoms with Gasteiger partial charge in [-0.3, -0.25) is 4.79 Å². The lowest BCUT2D eigenvalue weighted by atomic mass is 9.84. The molecule has 28 heavy (non-hydrogen) atoms. The smallest absolute Gasteiger partial charge is 0.225 e. The molecule has 4 aromatic rings. The summed E-state index contributed by atoms with van der Waals surface area (Å²) in [6.07, 6.45) is 0.269. The van der Waals surface area contributed by atoms with E-state index in [0.29, 0.717) is 0 Å². The lowest BCUT2D eigenvalue weighted by Gasteiger charge is -2.26. The van der Waals surface area contributed by atoms with E-state index in [2.05, 4.69) is 10.4 Å². The Morgan fingerprint density at radius 1 is 1.07 bits per heavy atom.